The summed E-state index contributed by atoms with van der Waals surface area (Å²) in [6.07, 6.45) is 4.38. The van der Waals surface area contributed by atoms with Crippen LogP contribution in [-0.4, -0.2) is 10.2 Å². The number of hydrogen-bond donors (Lipinski definition) is 0. The molecule has 0 spiro atoms. The van der Waals surface area contributed by atoms with Crippen molar-refractivity contribution in [3.05, 3.63) is 24.4 Å². The highest BCUT2D eigenvalue weighted by Crippen LogP contribution is 2.34. The Morgan fingerprint density at radius 3 is 2.92 bits per heavy atom. The van der Waals surface area contributed by atoms with E-state index in [1.54, 1.807) is 10.8 Å². The zero-order valence-corrected chi connectivity index (χ0v) is 9.70. The first-order valence-corrected chi connectivity index (χ1v) is 6.78. The molecular formula is C10H15NS2. The Morgan fingerprint density at radius 1 is 1.46 bits per heavy atom. The number of aromatic nitrogens is 1. The Labute approximate surface area is 88.1 Å². The molecular weight excluding hydrogens is 198 g/mol. The van der Waals surface area contributed by atoms with E-state index in [0.29, 0.717) is 0 Å². The molecule has 0 aliphatic carbocycles. The SMILES string of the molecule is CCCC(C)SSc1ccccn1. The number of pyridine rings is 1. The smallest absolute Gasteiger partial charge is 0.106 e. The number of rotatable bonds is 5. The van der Waals surface area contributed by atoms with Gasteiger partial charge in [0.1, 0.15) is 5.03 Å². The molecule has 3 heteroatoms. The maximum atomic E-state index is 4.25. The summed E-state index contributed by atoms with van der Waals surface area (Å²) in [7, 11) is 3.68. The molecule has 0 N–H and O–H groups in total. The minimum absolute atomic E-state index is 0.719. The summed E-state index contributed by atoms with van der Waals surface area (Å²) < 4.78 is 0. The zero-order valence-electron chi connectivity index (χ0n) is 8.06. The summed E-state index contributed by atoms with van der Waals surface area (Å²) in [4.78, 5) is 4.25. The van der Waals surface area contributed by atoms with Gasteiger partial charge in [-0.2, -0.15) is 0 Å². The van der Waals surface area contributed by atoms with Crippen molar-refractivity contribution < 1.29 is 0 Å². The van der Waals surface area contributed by atoms with Crippen molar-refractivity contribution in [1.82, 2.24) is 4.98 Å². The fourth-order valence-electron chi connectivity index (χ4n) is 0.982. The molecule has 0 aliphatic rings. The number of nitrogens with zero attached hydrogens (tertiary/aromatic N) is 1. The molecule has 1 nitrogen and oxygen atoms in total. The van der Waals surface area contributed by atoms with Crippen LogP contribution in [0.3, 0.4) is 0 Å². The van der Waals surface area contributed by atoms with Gasteiger partial charge in [-0.25, -0.2) is 4.98 Å². The lowest BCUT2D eigenvalue weighted by atomic mass is 10.3. The molecule has 0 aliphatic heterocycles. The maximum absolute atomic E-state index is 4.25. The van der Waals surface area contributed by atoms with Gasteiger partial charge in [0.25, 0.3) is 0 Å². The lowest BCUT2D eigenvalue weighted by Gasteiger charge is -2.07. The standard InChI is InChI=1S/C10H15NS2/c1-3-6-9(2)12-13-10-7-4-5-8-11-10/h4-5,7-9H,3,6H2,1-2H3. The summed E-state index contributed by atoms with van der Waals surface area (Å²) in [5, 5.41) is 1.83. The Bertz CT molecular complexity index is 226. The summed E-state index contributed by atoms with van der Waals surface area (Å²) in [6.45, 7) is 4.49. The second-order valence-corrected chi connectivity index (χ2v) is 5.61. The van der Waals surface area contributed by atoms with Gasteiger partial charge >= 0.3 is 0 Å². The van der Waals surface area contributed by atoms with Crippen LogP contribution in [-0.2, 0) is 0 Å². The lowest BCUT2D eigenvalue weighted by molar-refractivity contribution is 0.790. The van der Waals surface area contributed by atoms with Gasteiger partial charge in [0.05, 0.1) is 0 Å². The van der Waals surface area contributed by atoms with E-state index in [9.17, 15) is 0 Å². The van der Waals surface area contributed by atoms with Crippen molar-refractivity contribution in [2.75, 3.05) is 0 Å². The van der Waals surface area contributed by atoms with Crippen LogP contribution in [0.2, 0.25) is 0 Å². The van der Waals surface area contributed by atoms with E-state index in [1.807, 2.05) is 29.1 Å². The Hall–Kier alpha value is -0.150. The Morgan fingerprint density at radius 2 is 2.31 bits per heavy atom. The van der Waals surface area contributed by atoms with Gasteiger partial charge in [-0.3, -0.25) is 0 Å². The molecule has 1 rings (SSSR count). The Kier molecular flexibility index (Phi) is 5.32. The summed E-state index contributed by atoms with van der Waals surface area (Å²) in [5.41, 5.74) is 0. The quantitative estimate of drug-likeness (QED) is 0.686. The van der Waals surface area contributed by atoms with E-state index in [-0.39, 0.29) is 0 Å². The van der Waals surface area contributed by atoms with Gasteiger partial charge in [-0.1, -0.05) is 37.1 Å². The molecule has 0 saturated carbocycles. The third-order valence-electron chi connectivity index (χ3n) is 1.63. The van der Waals surface area contributed by atoms with Crippen molar-refractivity contribution in [3.63, 3.8) is 0 Å². The fourth-order valence-corrected chi connectivity index (χ4v) is 3.19. The van der Waals surface area contributed by atoms with Crippen LogP contribution in [0.1, 0.15) is 26.7 Å². The van der Waals surface area contributed by atoms with Crippen LogP contribution in [0, 0.1) is 0 Å². The largest absolute Gasteiger partial charge is 0.249 e. The highest BCUT2D eigenvalue weighted by atomic mass is 33.1. The third kappa shape index (κ3) is 4.58. The van der Waals surface area contributed by atoms with E-state index in [4.69, 9.17) is 0 Å². The van der Waals surface area contributed by atoms with Crippen LogP contribution in [0.15, 0.2) is 29.4 Å². The average Bonchev–Trinajstić information content (AvgIpc) is 2.17. The van der Waals surface area contributed by atoms with E-state index in [2.05, 4.69) is 24.9 Å². The maximum Gasteiger partial charge on any atom is 0.106 e. The molecule has 1 heterocycles. The fraction of sp³-hybridized carbons (Fsp3) is 0.500. The van der Waals surface area contributed by atoms with Gasteiger partial charge in [0.15, 0.2) is 0 Å². The summed E-state index contributed by atoms with van der Waals surface area (Å²) in [5.74, 6) is 0. The van der Waals surface area contributed by atoms with Crippen molar-refractivity contribution in [1.29, 1.82) is 0 Å². The predicted molar refractivity (Wildman–Crippen MR) is 62.1 cm³/mol. The normalized spacial score (nSPS) is 12.8. The van der Waals surface area contributed by atoms with Crippen LogP contribution in [0.4, 0.5) is 0 Å². The highest BCUT2D eigenvalue weighted by Gasteiger charge is 2.02. The topological polar surface area (TPSA) is 12.9 Å². The van der Waals surface area contributed by atoms with Crippen molar-refractivity contribution in [2.45, 2.75) is 37.0 Å². The van der Waals surface area contributed by atoms with Gasteiger partial charge < -0.3 is 0 Å². The van der Waals surface area contributed by atoms with Crippen LogP contribution >= 0.6 is 21.6 Å². The molecule has 0 amide bonds. The molecule has 72 valence electrons. The Balaban J connectivity index is 2.27. The van der Waals surface area contributed by atoms with E-state index >= 15 is 0 Å². The van der Waals surface area contributed by atoms with E-state index in [1.165, 1.54) is 12.8 Å². The molecule has 0 radical (unpaired) electrons. The summed E-state index contributed by atoms with van der Waals surface area (Å²) in [6, 6.07) is 6.03. The molecule has 0 aromatic carbocycles. The first-order valence-electron chi connectivity index (χ1n) is 4.57. The van der Waals surface area contributed by atoms with E-state index in [0.717, 1.165) is 10.3 Å². The van der Waals surface area contributed by atoms with Crippen LogP contribution in [0.25, 0.3) is 0 Å². The van der Waals surface area contributed by atoms with E-state index < -0.39 is 0 Å². The molecule has 13 heavy (non-hydrogen) atoms. The molecule has 0 saturated heterocycles. The molecule has 1 aromatic heterocycles. The van der Waals surface area contributed by atoms with Gasteiger partial charge in [0.2, 0.25) is 0 Å². The minimum Gasteiger partial charge on any atom is -0.249 e. The van der Waals surface area contributed by atoms with Gasteiger partial charge in [0, 0.05) is 11.4 Å². The van der Waals surface area contributed by atoms with Crippen molar-refractivity contribution in [3.8, 4) is 0 Å². The van der Waals surface area contributed by atoms with Crippen molar-refractivity contribution in [2.24, 2.45) is 0 Å². The second-order valence-electron chi connectivity index (χ2n) is 2.95. The molecule has 1 aromatic rings. The van der Waals surface area contributed by atoms with Crippen LogP contribution in [0.5, 0.6) is 0 Å². The number of hydrogen-bond acceptors (Lipinski definition) is 3. The second kappa shape index (κ2) is 6.33. The first-order chi connectivity index (χ1) is 6.33. The van der Waals surface area contributed by atoms with Gasteiger partial charge in [-0.05, 0) is 29.3 Å². The predicted octanol–water partition coefficient (Wildman–Crippen LogP) is 4.01. The monoisotopic (exact) mass is 213 g/mol. The van der Waals surface area contributed by atoms with Crippen molar-refractivity contribution >= 4 is 21.6 Å². The molecule has 0 fully saturated rings. The lowest BCUT2D eigenvalue weighted by Crippen LogP contribution is -1.91. The average molecular weight is 213 g/mol. The zero-order chi connectivity index (χ0) is 9.52. The minimum atomic E-state index is 0.719. The highest BCUT2D eigenvalue weighted by molar-refractivity contribution is 8.76. The molecule has 1 atom stereocenters. The molecule has 1 unspecified atom stereocenters. The summed E-state index contributed by atoms with van der Waals surface area (Å²) >= 11 is 0. The molecule has 0 bridgehead atoms. The third-order valence-corrected chi connectivity index (χ3v) is 4.49. The first kappa shape index (κ1) is 10.9. The van der Waals surface area contributed by atoms with Gasteiger partial charge in [-0.15, -0.1) is 0 Å². The van der Waals surface area contributed by atoms with Crippen LogP contribution < -0.4 is 0 Å².